The molecular weight excluding hydrogens is 194 g/mol. The average molecular weight is 209 g/mol. The summed E-state index contributed by atoms with van der Waals surface area (Å²) in [6.45, 7) is 0. The van der Waals surface area contributed by atoms with Gasteiger partial charge in [0.2, 0.25) is 0 Å². The fourth-order valence-electron chi connectivity index (χ4n) is 1.60. The first-order chi connectivity index (χ1) is 6.88. The summed E-state index contributed by atoms with van der Waals surface area (Å²) in [5.41, 5.74) is 1.16. The van der Waals surface area contributed by atoms with E-state index in [2.05, 4.69) is 11.4 Å². The summed E-state index contributed by atoms with van der Waals surface area (Å²) in [6, 6.07) is 8.75. The highest BCUT2D eigenvalue weighted by atomic mass is 32.2. The Balaban J connectivity index is 2.00. The lowest BCUT2D eigenvalue weighted by atomic mass is 10.2. The maximum Gasteiger partial charge on any atom is 0.120 e. The van der Waals surface area contributed by atoms with Crippen molar-refractivity contribution in [3.63, 3.8) is 0 Å². The van der Waals surface area contributed by atoms with Crippen LogP contribution < -0.4 is 10.1 Å². The number of thioether (sulfide) groups is 1. The summed E-state index contributed by atoms with van der Waals surface area (Å²) in [6.07, 6.45) is 1.27. The van der Waals surface area contributed by atoms with E-state index < -0.39 is 0 Å². The first-order valence-electron chi connectivity index (χ1n) is 4.87. The monoisotopic (exact) mass is 209 g/mol. The van der Waals surface area contributed by atoms with Gasteiger partial charge in [-0.25, -0.2) is 0 Å². The number of hydrogen-bond acceptors (Lipinski definition) is 3. The Labute approximate surface area is 89.0 Å². The molecule has 1 fully saturated rings. The van der Waals surface area contributed by atoms with Crippen LogP contribution in [0.2, 0.25) is 0 Å². The Hall–Kier alpha value is -0.830. The van der Waals surface area contributed by atoms with E-state index in [1.807, 2.05) is 30.0 Å². The Morgan fingerprint density at radius 2 is 2.43 bits per heavy atom. The van der Waals surface area contributed by atoms with Gasteiger partial charge in [-0.05, 0) is 24.3 Å². The largest absolute Gasteiger partial charge is 0.497 e. The van der Waals surface area contributed by atoms with Crippen molar-refractivity contribution in [2.24, 2.45) is 0 Å². The Morgan fingerprint density at radius 3 is 3.14 bits per heavy atom. The predicted octanol–water partition coefficient (Wildman–Crippen LogP) is 2.61. The number of nitrogens with one attached hydrogen (secondary N) is 1. The standard InChI is InChI=1S/C11H15NOS/c1-13-11-4-2-3-9(7-11)12-10-5-6-14-8-10/h2-4,7,10,12H,5-6,8H2,1H3/t10-/m1/s1. The van der Waals surface area contributed by atoms with E-state index in [1.165, 1.54) is 17.9 Å². The van der Waals surface area contributed by atoms with E-state index in [0.29, 0.717) is 6.04 Å². The van der Waals surface area contributed by atoms with Crippen LogP contribution in [0.1, 0.15) is 6.42 Å². The molecule has 0 bridgehead atoms. The molecule has 0 amide bonds. The van der Waals surface area contributed by atoms with Crippen LogP contribution >= 0.6 is 11.8 Å². The Bertz CT molecular complexity index is 297. The molecule has 76 valence electrons. The molecule has 0 radical (unpaired) electrons. The molecule has 1 aliphatic rings. The van der Waals surface area contributed by atoms with Crippen LogP contribution in [0, 0.1) is 0 Å². The molecule has 0 aromatic heterocycles. The van der Waals surface area contributed by atoms with Gasteiger partial charge >= 0.3 is 0 Å². The topological polar surface area (TPSA) is 21.3 Å². The van der Waals surface area contributed by atoms with Gasteiger partial charge in [0.05, 0.1) is 7.11 Å². The number of hydrogen-bond donors (Lipinski definition) is 1. The van der Waals surface area contributed by atoms with Crippen molar-refractivity contribution >= 4 is 17.4 Å². The summed E-state index contributed by atoms with van der Waals surface area (Å²) in [5, 5.41) is 3.51. The zero-order valence-electron chi connectivity index (χ0n) is 8.32. The van der Waals surface area contributed by atoms with Crippen LogP contribution in [0.15, 0.2) is 24.3 Å². The molecule has 0 spiro atoms. The minimum atomic E-state index is 0.632. The Morgan fingerprint density at radius 1 is 1.50 bits per heavy atom. The normalized spacial score (nSPS) is 20.8. The zero-order valence-corrected chi connectivity index (χ0v) is 9.14. The number of rotatable bonds is 3. The van der Waals surface area contributed by atoms with Gasteiger partial charge in [0.1, 0.15) is 5.75 Å². The van der Waals surface area contributed by atoms with Crippen molar-refractivity contribution in [2.45, 2.75) is 12.5 Å². The maximum absolute atomic E-state index is 5.17. The number of anilines is 1. The highest BCUT2D eigenvalue weighted by molar-refractivity contribution is 7.99. The molecular formula is C11H15NOS. The van der Waals surface area contributed by atoms with Crippen LogP contribution in [-0.2, 0) is 0 Å². The second-order valence-electron chi connectivity index (χ2n) is 3.44. The van der Waals surface area contributed by atoms with Gasteiger partial charge in [0.15, 0.2) is 0 Å². The first kappa shape index (κ1) is 9.71. The molecule has 1 aromatic rings. The Kier molecular flexibility index (Phi) is 3.19. The van der Waals surface area contributed by atoms with Gasteiger partial charge in [-0.2, -0.15) is 11.8 Å². The predicted molar refractivity (Wildman–Crippen MR) is 62.3 cm³/mol. The van der Waals surface area contributed by atoms with Crippen molar-refractivity contribution in [3.05, 3.63) is 24.3 Å². The molecule has 0 saturated carbocycles. The second-order valence-corrected chi connectivity index (χ2v) is 4.59. The number of benzene rings is 1. The first-order valence-corrected chi connectivity index (χ1v) is 6.02. The van der Waals surface area contributed by atoms with Crippen LogP contribution in [0.5, 0.6) is 5.75 Å². The van der Waals surface area contributed by atoms with Crippen molar-refractivity contribution in [1.29, 1.82) is 0 Å². The molecule has 0 aliphatic carbocycles. The molecule has 2 rings (SSSR count). The van der Waals surface area contributed by atoms with E-state index in [9.17, 15) is 0 Å². The third-order valence-corrected chi connectivity index (χ3v) is 3.53. The van der Waals surface area contributed by atoms with Gasteiger partial charge in [-0.15, -0.1) is 0 Å². The zero-order chi connectivity index (χ0) is 9.80. The third kappa shape index (κ3) is 2.35. The summed E-state index contributed by atoms with van der Waals surface area (Å²) in [7, 11) is 1.70. The lowest BCUT2D eigenvalue weighted by molar-refractivity contribution is 0.415. The SMILES string of the molecule is COc1cccc(N[C@@H]2CCSC2)c1. The van der Waals surface area contributed by atoms with Crippen molar-refractivity contribution in [2.75, 3.05) is 23.9 Å². The molecule has 2 nitrogen and oxygen atoms in total. The third-order valence-electron chi connectivity index (χ3n) is 2.37. The van der Waals surface area contributed by atoms with Crippen LogP contribution in [0.3, 0.4) is 0 Å². The fraction of sp³-hybridized carbons (Fsp3) is 0.455. The number of methoxy groups -OCH3 is 1. The second kappa shape index (κ2) is 4.60. The van der Waals surface area contributed by atoms with E-state index in [-0.39, 0.29) is 0 Å². The fourth-order valence-corrected chi connectivity index (χ4v) is 2.75. The average Bonchev–Trinajstić information content (AvgIpc) is 2.71. The molecule has 1 N–H and O–H groups in total. The van der Waals surface area contributed by atoms with E-state index in [1.54, 1.807) is 7.11 Å². The summed E-state index contributed by atoms with van der Waals surface area (Å²) in [5.74, 6) is 3.42. The smallest absolute Gasteiger partial charge is 0.120 e. The summed E-state index contributed by atoms with van der Waals surface area (Å²) >= 11 is 2.02. The lowest BCUT2D eigenvalue weighted by Crippen LogP contribution is -2.17. The molecule has 1 atom stereocenters. The van der Waals surface area contributed by atoms with E-state index in [4.69, 9.17) is 4.74 Å². The molecule has 14 heavy (non-hydrogen) atoms. The summed E-state index contributed by atoms with van der Waals surface area (Å²) < 4.78 is 5.17. The minimum Gasteiger partial charge on any atom is -0.497 e. The van der Waals surface area contributed by atoms with Crippen LogP contribution in [0.25, 0.3) is 0 Å². The molecule has 1 aliphatic heterocycles. The number of ether oxygens (including phenoxy) is 1. The van der Waals surface area contributed by atoms with Crippen molar-refractivity contribution in [3.8, 4) is 5.75 Å². The molecule has 1 aromatic carbocycles. The van der Waals surface area contributed by atoms with Crippen LogP contribution in [0.4, 0.5) is 5.69 Å². The minimum absolute atomic E-state index is 0.632. The van der Waals surface area contributed by atoms with Gasteiger partial charge in [0, 0.05) is 23.5 Å². The van der Waals surface area contributed by atoms with Crippen molar-refractivity contribution < 1.29 is 4.74 Å². The lowest BCUT2D eigenvalue weighted by Gasteiger charge is -2.13. The van der Waals surface area contributed by atoms with Gasteiger partial charge in [0.25, 0.3) is 0 Å². The van der Waals surface area contributed by atoms with Gasteiger partial charge in [-0.3, -0.25) is 0 Å². The maximum atomic E-state index is 5.17. The van der Waals surface area contributed by atoms with Gasteiger partial charge in [-0.1, -0.05) is 6.07 Å². The highest BCUT2D eigenvalue weighted by Crippen LogP contribution is 2.23. The van der Waals surface area contributed by atoms with E-state index in [0.717, 1.165) is 11.4 Å². The molecule has 0 unspecified atom stereocenters. The van der Waals surface area contributed by atoms with E-state index >= 15 is 0 Å². The van der Waals surface area contributed by atoms with Gasteiger partial charge < -0.3 is 10.1 Å². The molecule has 1 heterocycles. The quantitative estimate of drug-likeness (QED) is 0.827. The highest BCUT2D eigenvalue weighted by Gasteiger charge is 2.14. The molecule has 3 heteroatoms. The van der Waals surface area contributed by atoms with Crippen molar-refractivity contribution in [1.82, 2.24) is 0 Å². The molecule has 1 saturated heterocycles. The van der Waals surface area contributed by atoms with Crippen LogP contribution in [-0.4, -0.2) is 24.7 Å². The summed E-state index contributed by atoms with van der Waals surface area (Å²) in [4.78, 5) is 0.